The van der Waals surface area contributed by atoms with Gasteiger partial charge in [-0.15, -0.1) is 0 Å². The first-order valence-electron chi connectivity index (χ1n) is 6.49. The average molecular weight is 287 g/mol. The quantitative estimate of drug-likeness (QED) is 0.673. The highest BCUT2D eigenvalue weighted by Gasteiger charge is 2.40. The molecule has 1 aliphatic rings. The summed E-state index contributed by atoms with van der Waals surface area (Å²) < 4.78 is 5.18. The lowest BCUT2D eigenvalue weighted by molar-refractivity contribution is -0.143. The monoisotopic (exact) mass is 287 g/mol. The number of urea groups is 1. The van der Waals surface area contributed by atoms with Gasteiger partial charge in [0.1, 0.15) is 12.5 Å². The van der Waals surface area contributed by atoms with Gasteiger partial charge in [0.05, 0.1) is 19.3 Å². The van der Waals surface area contributed by atoms with E-state index in [0.717, 1.165) is 0 Å². The summed E-state index contributed by atoms with van der Waals surface area (Å²) in [5.41, 5.74) is 5.06. The SMILES string of the molecule is CCCN(C(=O)N(C)CC(N)=O)C1COCC1C(=O)O. The lowest BCUT2D eigenvalue weighted by Gasteiger charge is -2.33. The molecule has 8 heteroatoms. The second-order valence-electron chi connectivity index (χ2n) is 4.85. The summed E-state index contributed by atoms with van der Waals surface area (Å²) >= 11 is 0. The lowest BCUT2D eigenvalue weighted by Crippen LogP contribution is -2.52. The van der Waals surface area contributed by atoms with Crippen LogP contribution in [0.5, 0.6) is 0 Å². The van der Waals surface area contributed by atoms with E-state index in [1.165, 1.54) is 16.8 Å². The molecule has 0 aromatic carbocycles. The Bertz CT molecular complexity index is 387. The fourth-order valence-electron chi connectivity index (χ4n) is 2.25. The van der Waals surface area contributed by atoms with Crippen molar-refractivity contribution in [3.05, 3.63) is 0 Å². The van der Waals surface area contributed by atoms with Crippen LogP contribution in [0.3, 0.4) is 0 Å². The number of hydrogen-bond acceptors (Lipinski definition) is 4. The van der Waals surface area contributed by atoms with Crippen molar-refractivity contribution in [2.75, 3.05) is 33.4 Å². The maximum absolute atomic E-state index is 12.3. The molecule has 0 aliphatic carbocycles. The van der Waals surface area contributed by atoms with Gasteiger partial charge in [-0.25, -0.2) is 4.79 Å². The zero-order valence-electron chi connectivity index (χ0n) is 11.7. The standard InChI is InChI=1S/C12H21N3O5/c1-3-4-15(12(19)14(2)5-10(13)16)9-7-20-6-8(9)11(17)18/h8-9H,3-7H2,1-2H3,(H2,13,16)(H,17,18). The average Bonchev–Trinajstić information content (AvgIpc) is 2.83. The molecule has 8 nitrogen and oxygen atoms in total. The van der Waals surface area contributed by atoms with Crippen molar-refractivity contribution < 1.29 is 24.2 Å². The number of carboxylic acids is 1. The molecule has 0 bridgehead atoms. The minimum absolute atomic E-state index is 0.0903. The predicted molar refractivity (Wildman–Crippen MR) is 70.0 cm³/mol. The summed E-state index contributed by atoms with van der Waals surface area (Å²) in [7, 11) is 1.46. The molecular weight excluding hydrogens is 266 g/mol. The van der Waals surface area contributed by atoms with Crippen molar-refractivity contribution in [1.29, 1.82) is 0 Å². The van der Waals surface area contributed by atoms with Gasteiger partial charge >= 0.3 is 12.0 Å². The number of nitrogens with zero attached hydrogens (tertiary/aromatic N) is 2. The Morgan fingerprint density at radius 1 is 1.35 bits per heavy atom. The van der Waals surface area contributed by atoms with E-state index in [4.69, 9.17) is 15.6 Å². The Labute approximate surface area is 117 Å². The number of hydrogen-bond donors (Lipinski definition) is 2. The number of aliphatic carboxylic acids is 1. The molecule has 1 heterocycles. The van der Waals surface area contributed by atoms with Gasteiger partial charge in [-0.1, -0.05) is 6.92 Å². The highest BCUT2D eigenvalue weighted by molar-refractivity contribution is 5.83. The Morgan fingerprint density at radius 2 is 2.00 bits per heavy atom. The van der Waals surface area contributed by atoms with Gasteiger partial charge in [-0.2, -0.15) is 0 Å². The number of ether oxygens (including phenoxy) is 1. The lowest BCUT2D eigenvalue weighted by atomic mass is 10.0. The summed E-state index contributed by atoms with van der Waals surface area (Å²) in [5.74, 6) is -2.35. The number of likely N-dealkylation sites (N-methyl/N-ethyl adjacent to an activating group) is 1. The van der Waals surface area contributed by atoms with E-state index < -0.39 is 29.9 Å². The first-order chi connectivity index (χ1) is 9.38. The number of rotatable bonds is 6. The van der Waals surface area contributed by atoms with Crippen LogP contribution in [-0.2, 0) is 14.3 Å². The Morgan fingerprint density at radius 3 is 2.50 bits per heavy atom. The summed E-state index contributed by atoms with van der Waals surface area (Å²) in [4.78, 5) is 37.0. The molecule has 0 spiro atoms. The normalized spacial score (nSPS) is 21.5. The molecule has 0 aromatic rings. The third-order valence-electron chi connectivity index (χ3n) is 3.20. The van der Waals surface area contributed by atoms with E-state index in [2.05, 4.69) is 0 Å². The van der Waals surface area contributed by atoms with Crippen LogP contribution in [0.2, 0.25) is 0 Å². The van der Waals surface area contributed by atoms with Crippen molar-refractivity contribution in [2.45, 2.75) is 19.4 Å². The van der Waals surface area contributed by atoms with Crippen LogP contribution < -0.4 is 5.73 Å². The molecule has 20 heavy (non-hydrogen) atoms. The van der Waals surface area contributed by atoms with Gasteiger partial charge in [-0.05, 0) is 6.42 Å². The summed E-state index contributed by atoms with van der Waals surface area (Å²) in [6.45, 7) is 2.37. The Hall–Kier alpha value is -1.83. The number of primary amides is 1. The minimum atomic E-state index is -0.987. The van der Waals surface area contributed by atoms with Gasteiger partial charge in [0.15, 0.2) is 0 Å². The van der Waals surface area contributed by atoms with Gasteiger partial charge in [0.2, 0.25) is 5.91 Å². The van der Waals surface area contributed by atoms with Gasteiger partial charge in [0.25, 0.3) is 0 Å². The van der Waals surface area contributed by atoms with Crippen LogP contribution in [-0.4, -0.2) is 72.2 Å². The van der Waals surface area contributed by atoms with Crippen molar-refractivity contribution >= 4 is 17.9 Å². The number of carbonyl (C=O) groups is 3. The van der Waals surface area contributed by atoms with Gasteiger partial charge in [0, 0.05) is 13.6 Å². The van der Waals surface area contributed by atoms with Crippen molar-refractivity contribution in [3.63, 3.8) is 0 Å². The van der Waals surface area contributed by atoms with Crippen molar-refractivity contribution in [1.82, 2.24) is 9.80 Å². The van der Waals surface area contributed by atoms with Crippen molar-refractivity contribution in [2.24, 2.45) is 11.7 Å². The largest absolute Gasteiger partial charge is 0.481 e. The molecule has 0 aromatic heterocycles. The third-order valence-corrected chi connectivity index (χ3v) is 3.20. The molecule has 1 rings (SSSR count). The minimum Gasteiger partial charge on any atom is -0.481 e. The van der Waals surface area contributed by atoms with Gasteiger partial charge < -0.3 is 25.4 Å². The van der Waals surface area contributed by atoms with Gasteiger partial charge in [-0.3, -0.25) is 9.59 Å². The first kappa shape index (κ1) is 16.2. The highest BCUT2D eigenvalue weighted by Crippen LogP contribution is 2.21. The van der Waals surface area contributed by atoms with Crippen LogP contribution >= 0.6 is 0 Å². The fourth-order valence-corrected chi connectivity index (χ4v) is 2.25. The van der Waals surface area contributed by atoms with Crippen molar-refractivity contribution in [3.8, 4) is 0 Å². The van der Waals surface area contributed by atoms with E-state index >= 15 is 0 Å². The molecule has 1 saturated heterocycles. The molecule has 2 atom stereocenters. The van der Waals surface area contributed by atoms with Crippen LogP contribution in [0.4, 0.5) is 4.79 Å². The van der Waals surface area contributed by atoms with E-state index in [-0.39, 0.29) is 19.8 Å². The van der Waals surface area contributed by atoms with E-state index in [9.17, 15) is 14.4 Å². The van der Waals surface area contributed by atoms with E-state index in [1.807, 2.05) is 6.92 Å². The Kier molecular flexibility index (Phi) is 5.75. The second kappa shape index (κ2) is 7.09. The number of nitrogens with two attached hydrogens (primary N) is 1. The molecule has 0 saturated carbocycles. The fraction of sp³-hybridized carbons (Fsp3) is 0.750. The number of carboxylic acid groups (broad SMARTS) is 1. The molecule has 0 radical (unpaired) electrons. The van der Waals surface area contributed by atoms with E-state index in [0.29, 0.717) is 13.0 Å². The summed E-state index contributed by atoms with van der Waals surface area (Å²) in [6, 6.07) is -0.928. The van der Waals surface area contributed by atoms with E-state index in [1.54, 1.807) is 0 Å². The first-order valence-corrected chi connectivity index (χ1v) is 6.49. The molecule has 114 valence electrons. The van der Waals surface area contributed by atoms with Crippen LogP contribution in [0.1, 0.15) is 13.3 Å². The zero-order valence-corrected chi connectivity index (χ0v) is 11.7. The van der Waals surface area contributed by atoms with Crippen LogP contribution in [0.25, 0.3) is 0 Å². The molecule has 1 fully saturated rings. The highest BCUT2D eigenvalue weighted by atomic mass is 16.5. The topological polar surface area (TPSA) is 113 Å². The molecule has 3 amide bonds. The zero-order chi connectivity index (χ0) is 15.3. The molecular formula is C12H21N3O5. The maximum Gasteiger partial charge on any atom is 0.320 e. The number of carbonyl (C=O) groups excluding carboxylic acids is 2. The maximum atomic E-state index is 12.3. The molecule has 2 unspecified atom stereocenters. The molecule has 3 N–H and O–H groups in total. The number of amides is 3. The van der Waals surface area contributed by atoms with Crippen LogP contribution in [0.15, 0.2) is 0 Å². The third kappa shape index (κ3) is 3.83. The smallest absolute Gasteiger partial charge is 0.320 e. The second-order valence-corrected chi connectivity index (χ2v) is 4.85. The summed E-state index contributed by atoms with van der Waals surface area (Å²) in [6.07, 6.45) is 0.680. The Balaban J connectivity index is 2.84. The predicted octanol–water partition coefficient (Wildman–Crippen LogP) is -0.665. The summed E-state index contributed by atoms with van der Waals surface area (Å²) in [5, 5.41) is 9.16. The van der Waals surface area contributed by atoms with Crippen LogP contribution in [0, 0.1) is 5.92 Å². The molecule has 1 aliphatic heterocycles.